The molecular weight excluding hydrogens is 444 g/mol. The Balaban J connectivity index is 1.43. The molecule has 1 fully saturated rings. The molecule has 8 nitrogen and oxygen atoms in total. The second kappa shape index (κ2) is 8.87. The molecule has 178 valence electrons. The maximum absolute atomic E-state index is 13.1. The molecule has 1 aliphatic heterocycles. The van der Waals surface area contributed by atoms with Crippen LogP contribution < -0.4 is 10.2 Å². The first-order chi connectivity index (χ1) is 16.8. The number of nitrogens with one attached hydrogen (secondary N) is 1. The van der Waals surface area contributed by atoms with Gasteiger partial charge in [-0.15, -0.1) is 0 Å². The van der Waals surface area contributed by atoms with Crippen LogP contribution in [0.2, 0.25) is 0 Å². The molecule has 0 aliphatic carbocycles. The summed E-state index contributed by atoms with van der Waals surface area (Å²) in [6, 6.07) is 14.2. The van der Waals surface area contributed by atoms with Crippen molar-refractivity contribution in [2.75, 3.05) is 23.3 Å². The molecule has 1 aromatic heterocycles. The molecule has 0 bridgehead atoms. The van der Waals surface area contributed by atoms with E-state index in [9.17, 15) is 14.9 Å². The Morgan fingerprint density at radius 2 is 1.74 bits per heavy atom. The maximum Gasteiger partial charge on any atom is 0.293 e. The normalized spacial score (nSPS) is 13.4. The number of carbonyl (C=O) groups excluding carboxylic acids is 1. The number of anilines is 2. The van der Waals surface area contributed by atoms with Gasteiger partial charge in [0.2, 0.25) is 5.89 Å². The number of aromatic nitrogens is 1. The van der Waals surface area contributed by atoms with Gasteiger partial charge in [0.05, 0.1) is 4.92 Å². The molecule has 4 aromatic rings. The minimum Gasteiger partial charge on any atom is -0.436 e. The fourth-order valence-corrected chi connectivity index (χ4v) is 4.42. The van der Waals surface area contributed by atoms with E-state index in [1.807, 2.05) is 56.0 Å². The van der Waals surface area contributed by atoms with Crippen molar-refractivity contribution < 1.29 is 14.1 Å². The van der Waals surface area contributed by atoms with E-state index in [2.05, 4.69) is 10.3 Å². The van der Waals surface area contributed by atoms with Crippen LogP contribution in [-0.2, 0) is 0 Å². The number of nitro groups is 1. The molecule has 0 spiro atoms. The van der Waals surface area contributed by atoms with Gasteiger partial charge in [-0.25, -0.2) is 4.98 Å². The number of nitro benzene ring substituents is 1. The molecule has 0 saturated carbocycles. The standard InChI is InChI=1S/C27H26N4O4/c1-16-6-7-20(27-29-22-12-17(2)18(3)13-25(22)35-27)14-21(16)28-26(32)19-8-9-23(24(15-19)31(33)34)30-10-4-5-11-30/h6-9,12-15H,4-5,10-11H2,1-3H3,(H,28,32). The summed E-state index contributed by atoms with van der Waals surface area (Å²) in [7, 11) is 0. The number of hydrogen-bond acceptors (Lipinski definition) is 6. The zero-order valence-electron chi connectivity index (χ0n) is 19.9. The Kier molecular flexibility index (Phi) is 5.72. The summed E-state index contributed by atoms with van der Waals surface area (Å²) >= 11 is 0. The minimum absolute atomic E-state index is 0.0536. The largest absolute Gasteiger partial charge is 0.436 e. The number of oxazole rings is 1. The second-order valence-electron chi connectivity index (χ2n) is 9.06. The molecule has 1 aliphatic rings. The van der Waals surface area contributed by atoms with Crippen LogP contribution >= 0.6 is 0 Å². The predicted molar refractivity (Wildman–Crippen MR) is 136 cm³/mol. The Labute approximate surface area is 202 Å². The van der Waals surface area contributed by atoms with Gasteiger partial charge >= 0.3 is 0 Å². The Hall–Kier alpha value is -4.20. The van der Waals surface area contributed by atoms with Crippen molar-refractivity contribution >= 4 is 34.1 Å². The molecule has 0 radical (unpaired) electrons. The number of hydrogen-bond donors (Lipinski definition) is 1. The Morgan fingerprint density at radius 1 is 1.00 bits per heavy atom. The zero-order chi connectivity index (χ0) is 24.7. The van der Waals surface area contributed by atoms with E-state index < -0.39 is 10.8 Å². The van der Waals surface area contributed by atoms with E-state index in [1.165, 1.54) is 6.07 Å². The average Bonchev–Trinajstić information content (AvgIpc) is 3.50. The molecular formula is C27H26N4O4. The molecule has 5 rings (SSSR count). The second-order valence-corrected chi connectivity index (χ2v) is 9.06. The van der Waals surface area contributed by atoms with Crippen LogP contribution in [0.5, 0.6) is 0 Å². The lowest BCUT2D eigenvalue weighted by atomic mass is 10.1. The van der Waals surface area contributed by atoms with Gasteiger partial charge in [-0.3, -0.25) is 14.9 Å². The molecule has 0 unspecified atom stereocenters. The van der Waals surface area contributed by atoms with Gasteiger partial charge in [0.25, 0.3) is 11.6 Å². The summed E-state index contributed by atoms with van der Waals surface area (Å²) in [5.74, 6) is 0.0521. The van der Waals surface area contributed by atoms with Crippen LogP contribution in [0.4, 0.5) is 17.1 Å². The predicted octanol–water partition coefficient (Wildman–Crippen LogP) is 6.18. The lowest BCUT2D eigenvalue weighted by Gasteiger charge is -2.18. The highest BCUT2D eigenvalue weighted by Crippen LogP contribution is 2.33. The molecule has 3 aromatic carbocycles. The van der Waals surface area contributed by atoms with Crippen molar-refractivity contribution in [2.45, 2.75) is 33.6 Å². The molecule has 0 atom stereocenters. The Morgan fingerprint density at radius 3 is 2.49 bits per heavy atom. The number of benzene rings is 3. The molecule has 2 heterocycles. The molecule has 1 amide bonds. The topological polar surface area (TPSA) is 102 Å². The van der Waals surface area contributed by atoms with E-state index in [0.717, 1.165) is 53.7 Å². The average molecular weight is 471 g/mol. The first-order valence-electron chi connectivity index (χ1n) is 11.6. The minimum atomic E-state index is -0.424. The SMILES string of the molecule is Cc1cc2nc(-c3ccc(C)c(NC(=O)c4ccc(N5CCCC5)c([N+](=O)[O-])c4)c3)oc2cc1C. The number of nitrogens with zero attached hydrogens (tertiary/aromatic N) is 3. The van der Waals surface area contributed by atoms with E-state index in [4.69, 9.17) is 4.42 Å². The van der Waals surface area contributed by atoms with Gasteiger partial charge < -0.3 is 14.6 Å². The number of aryl methyl sites for hydroxylation is 3. The first-order valence-corrected chi connectivity index (χ1v) is 11.6. The summed E-state index contributed by atoms with van der Waals surface area (Å²) in [6.45, 7) is 7.51. The van der Waals surface area contributed by atoms with E-state index in [1.54, 1.807) is 12.1 Å². The molecule has 8 heteroatoms. The highest BCUT2D eigenvalue weighted by atomic mass is 16.6. The molecule has 35 heavy (non-hydrogen) atoms. The van der Waals surface area contributed by atoms with Crippen LogP contribution in [0.3, 0.4) is 0 Å². The van der Waals surface area contributed by atoms with Crippen molar-refractivity contribution in [2.24, 2.45) is 0 Å². The summed E-state index contributed by atoms with van der Waals surface area (Å²) in [4.78, 5) is 30.9. The third kappa shape index (κ3) is 4.35. The smallest absolute Gasteiger partial charge is 0.293 e. The molecule has 1 saturated heterocycles. The summed E-state index contributed by atoms with van der Waals surface area (Å²) in [5.41, 5.74) is 6.66. The van der Waals surface area contributed by atoms with Crippen molar-refractivity contribution in [1.82, 2.24) is 4.98 Å². The van der Waals surface area contributed by atoms with Gasteiger partial charge in [-0.2, -0.15) is 0 Å². The highest BCUT2D eigenvalue weighted by molar-refractivity contribution is 6.05. The fourth-order valence-electron chi connectivity index (χ4n) is 4.42. The zero-order valence-corrected chi connectivity index (χ0v) is 19.9. The van der Waals surface area contributed by atoms with Crippen molar-refractivity contribution in [1.29, 1.82) is 0 Å². The van der Waals surface area contributed by atoms with Crippen LogP contribution in [-0.4, -0.2) is 28.9 Å². The third-order valence-corrected chi connectivity index (χ3v) is 6.62. The Bertz CT molecular complexity index is 1430. The fraction of sp³-hybridized carbons (Fsp3) is 0.259. The summed E-state index contributed by atoms with van der Waals surface area (Å²) < 4.78 is 5.97. The number of carbonyl (C=O) groups is 1. The van der Waals surface area contributed by atoms with Crippen LogP contribution in [0, 0.1) is 30.9 Å². The number of amides is 1. The number of fused-ring (bicyclic) bond motifs is 1. The molecule has 1 N–H and O–H groups in total. The first kappa shape index (κ1) is 22.6. The maximum atomic E-state index is 13.1. The van der Waals surface area contributed by atoms with E-state index >= 15 is 0 Å². The lowest BCUT2D eigenvalue weighted by molar-refractivity contribution is -0.384. The monoisotopic (exact) mass is 470 g/mol. The highest BCUT2D eigenvalue weighted by Gasteiger charge is 2.24. The number of rotatable bonds is 5. The summed E-state index contributed by atoms with van der Waals surface area (Å²) in [5, 5.41) is 14.6. The van der Waals surface area contributed by atoms with Crippen LogP contribution in [0.1, 0.15) is 39.9 Å². The van der Waals surface area contributed by atoms with Crippen molar-refractivity contribution in [3.05, 3.63) is 80.9 Å². The van der Waals surface area contributed by atoms with Gasteiger partial charge in [0.15, 0.2) is 5.58 Å². The van der Waals surface area contributed by atoms with Gasteiger partial charge in [0.1, 0.15) is 11.2 Å². The van der Waals surface area contributed by atoms with E-state index in [-0.39, 0.29) is 11.3 Å². The van der Waals surface area contributed by atoms with Crippen molar-refractivity contribution in [3.8, 4) is 11.5 Å². The van der Waals surface area contributed by atoms with Gasteiger partial charge in [-0.1, -0.05) is 6.07 Å². The van der Waals surface area contributed by atoms with Gasteiger partial charge in [-0.05, 0) is 86.7 Å². The lowest BCUT2D eigenvalue weighted by Crippen LogP contribution is -2.20. The van der Waals surface area contributed by atoms with Crippen LogP contribution in [0.25, 0.3) is 22.6 Å². The third-order valence-electron chi connectivity index (χ3n) is 6.62. The van der Waals surface area contributed by atoms with E-state index in [0.29, 0.717) is 22.8 Å². The summed E-state index contributed by atoms with van der Waals surface area (Å²) in [6.07, 6.45) is 2.02. The van der Waals surface area contributed by atoms with Crippen LogP contribution in [0.15, 0.2) is 52.9 Å². The quantitative estimate of drug-likeness (QED) is 0.276. The van der Waals surface area contributed by atoms with Gasteiger partial charge in [0, 0.05) is 36.0 Å². The van der Waals surface area contributed by atoms with Crippen molar-refractivity contribution in [3.63, 3.8) is 0 Å².